The second-order valence-corrected chi connectivity index (χ2v) is 4.99. The van der Waals surface area contributed by atoms with E-state index in [4.69, 9.17) is 9.47 Å². The van der Waals surface area contributed by atoms with Crippen LogP contribution in [0.3, 0.4) is 0 Å². The highest BCUT2D eigenvalue weighted by Crippen LogP contribution is 2.20. The Hall–Kier alpha value is -1.55. The molecule has 4 nitrogen and oxygen atoms in total. The molecule has 0 spiro atoms. The maximum atomic E-state index is 11.9. The number of ether oxygens (including phenoxy) is 2. The highest BCUT2D eigenvalue weighted by atomic mass is 16.5. The van der Waals surface area contributed by atoms with Gasteiger partial charge in [-0.05, 0) is 45.5 Å². The van der Waals surface area contributed by atoms with Crippen LogP contribution in [-0.2, 0) is 16.1 Å². The minimum absolute atomic E-state index is 0.208. The summed E-state index contributed by atoms with van der Waals surface area (Å²) in [7, 11) is 3.56. The molecule has 0 aliphatic heterocycles. The van der Waals surface area contributed by atoms with Crippen molar-refractivity contribution >= 4 is 5.97 Å². The predicted molar refractivity (Wildman–Crippen MR) is 75.2 cm³/mol. The monoisotopic (exact) mass is 265 g/mol. The van der Waals surface area contributed by atoms with Crippen LogP contribution in [0.5, 0.6) is 5.75 Å². The standard InChI is InChI=1S/C15H23NO3/c1-6-19-14(17)15(2,3)16(4)11-12-8-7-9-13(10-12)18-5/h7-10H,6,11H2,1-5H3. The predicted octanol–water partition coefficient (Wildman–Crippen LogP) is 2.47. The summed E-state index contributed by atoms with van der Waals surface area (Å²) in [5, 5.41) is 0. The summed E-state index contributed by atoms with van der Waals surface area (Å²) in [5.74, 6) is 0.611. The largest absolute Gasteiger partial charge is 0.497 e. The van der Waals surface area contributed by atoms with Gasteiger partial charge in [0, 0.05) is 6.54 Å². The van der Waals surface area contributed by atoms with Crippen LogP contribution in [0.2, 0.25) is 0 Å². The quantitative estimate of drug-likeness (QED) is 0.741. The van der Waals surface area contributed by atoms with E-state index < -0.39 is 5.54 Å². The van der Waals surface area contributed by atoms with Crippen molar-refractivity contribution in [1.82, 2.24) is 4.90 Å². The summed E-state index contributed by atoms with van der Waals surface area (Å²) < 4.78 is 10.3. The normalized spacial score (nSPS) is 11.5. The fourth-order valence-corrected chi connectivity index (χ4v) is 1.71. The molecule has 0 heterocycles. The summed E-state index contributed by atoms with van der Waals surface area (Å²) in [5.41, 5.74) is 0.443. The SMILES string of the molecule is CCOC(=O)C(C)(C)N(C)Cc1cccc(OC)c1. The topological polar surface area (TPSA) is 38.8 Å². The van der Waals surface area contributed by atoms with Crippen LogP contribution in [-0.4, -0.2) is 37.2 Å². The van der Waals surface area contributed by atoms with Crippen molar-refractivity contribution in [2.75, 3.05) is 20.8 Å². The van der Waals surface area contributed by atoms with E-state index in [1.807, 2.05) is 57.0 Å². The van der Waals surface area contributed by atoms with E-state index in [2.05, 4.69) is 0 Å². The first-order valence-electron chi connectivity index (χ1n) is 6.43. The van der Waals surface area contributed by atoms with Gasteiger partial charge >= 0.3 is 5.97 Å². The molecule has 0 aromatic heterocycles. The molecule has 0 bridgehead atoms. The van der Waals surface area contributed by atoms with E-state index >= 15 is 0 Å². The van der Waals surface area contributed by atoms with Crippen molar-refractivity contribution in [2.45, 2.75) is 32.9 Å². The molecule has 1 aromatic carbocycles. The van der Waals surface area contributed by atoms with E-state index in [-0.39, 0.29) is 5.97 Å². The molecule has 0 aliphatic rings. The van der Waals surface area contributed by atoms with Crippen LogP contribution in [0, 0.1) is 0 Å². The third-order valence-corrected chi connectivity index (χ3v) is 3.28. The van der Waals surface area contributed by atoms with Crippen molar-refractivity contribution in [3.05, 3.63) is 29.8 Å². The summed E-state index contributed by atoms with van der Waals surface area (Å²) in [6.07, 6.45) is 0. The van der Waals surface area contributed by atoms with Gasteiger partial charge in [0.15, 0.2) is 0 Å². The second-order valence-electron chi connectivity index (χ2n) is 4.99. The van der Waals surface area contributed by atoms with E-state index in [1.54, 1.807) is 7.11 Å². The Labute approximate surface area is 115 Å². The molecule has 19 heavy (non-hydrogen) atoms. The molecule has 1 aromatic rings. The van der Waals surface area contributed by atoms with E-state index in [0.29, 0.717) is 13.2 Å². The molecular formula is C15H23NO3. The Bertz CT molecular complexity index is 429. The Morgan fingerprint density at radius 3 is 2.63 bits per heavy atom. The molecule has 0 aliphatic carbocycles. The van der Waals surface area contributed by atoms with Gasteiger partial charge in [0.2, 0.25) is 0 Å². The van der Waals surface area contributed by atoms with Crippen molar-refractivity contribution in [2.24, 2.45) is 0 Å². The minimum Gasteiger partial charge on any atom is -0.497 e. The number of rotatable bonds is 6. The lowest BCUT2D eigenvalue weighted by Gasteiger charge is -2.33. The minimum atomic E-state index is -0.654. The van der Waals surface area contributed by atoms with Crippen LogP contribution >= 0.6 is 0 Å². The molecule has 0 amide bonds. The van der Waals surface area contributed by atoms with Gasteiger partial charge in [-0.3, -0.25) is 9.69 Å². The zero-order valence-corrected chi connectivity index (χ0v) is 12.4. The number of carbonyl (C=O) groups excluding carboxylic acids is 1. The Balaban J connectivity index is 2.77. The van der Waals surface area contributed by atoms with Gasteiger partial charge in [0.1, 0.15) is 11.3 Å². The highest BCUT2D eigenvalue weighted by Gasteiger charge is 2.33. The number of nitrogens with zero attached hydrogens (tertiary/aromatic N) is 1. The maximum Gasteiger partial charge on any atom is 0.325 e. The lowest BCUT2D eigenvalue weighted by molar-refractivity contribution is -0.155. The summed E-state index contributed by atoms with van der Waals surface area (Å²) >= 11 is 0. The second kappa shape index (κ2) is 6.57. The number of benzene rings is 1. The smallest absolute Gasteiger partial charge is 0.325 e. The van der Waals surface area contributed by atoms with Crippen molar-refractivity contribution < 1.29 is 14.3 Å². The number of esters is 1. The molecule has 1 rings (SSSR count). The first kappa shape index (κ1) is 15.5. The molecule has 0 atom stereocenters. The summed E-state index contributed by atoms with van der Waals surface area (Å²) in [4.78, 5) is 13.9. The van der Waals surface area contributed by atoms with Crippen LogP contribution < -0.4 is 4.74 Å². The fourth-order valence-electron chi connectivity index (χ4n) is 1.71. The van der Waals surface area contributed by atoms with E-state index in [1.165, 1.54) is 0 Å². The molecule has 0 fully saturated rings. The number of carbonyl (C=O) groups is 1. The molecule has 106 valence electrons. The molecule has 0 unspecified atom stereocenters. The van der Waals surface area contributed by atoms with Crippen LogP contribution in [0.25, 0.3) is 0 Å². The van der Waals surface area contributed by atoms with Crippen molar-refractivity contribution in [3.63, 3.8) is 0 Å². The molecule has 0 saturated carbocycles. The number of hydrogen-bond donors (Lipinski definition) is 0. The van der Waals surface area contributed by atoms with Gasteiger partial charge in [-0.15, -0.1) is 0 Å². The fraction of sp³-hybridized carbons (Fsp3) is 0.533. The van der Waals surface area contributed by atoms with Gasteiger partial charge in [-0.1, -0.05) is 12.1 Å². The third-order valence-electron chi connectivity index (χ3n) is 3.28. The molecule has 0 radical (unpaired) electrons. The van der Waals surface area contributed by atoms with Gasteiger partial charge in [0.25, 0.3) is 0 Å². The molecule has 4 heteroatoms. The van der Waals surface area contributed by atoms with E-state index in [0.717, 1.165) is 11.3 Å². The van der Waals surface area contributed by atoms with Gasteiger partial charge in [-0.25, -0.2) is 0 Å². The van der Waals surface area contributed by atoms with Gasteiger partial charge in [0.05, 0.1) is 13.7 Å². The lowest BCUT2D eigenvalue weighted by atomic mass is 10.0. The molecular weight excluding hydrogens is 242 g/mol. The first-order valence-corrected chi connectivity index (χ1v) is 6.43. The average molecular weight is 265 g/mol. The number of methoxy groups -OCH3 is 1. The molecule has 0 N–H and O–H groups in total. The van der Waals surface area contributed by atoms with E-state index in [9.17, 15) is 4.79 Å². The molecule has 0 saturated heterocycles. The van der Waals surface area contributed by atoms with Crippen LogP contribution in [0.15, 0.2) is 24.3 Å². The Morgan fingerprint density at radius 2 is 2.05 bits per heavy atom. The first-order chi connectivity index (χ1) is 8.91. The van der Waals surface area contributed by atoms with Crippen molar-refractivity contribution in [3.8, 4) is 5.75 Å². The average Bonchev–Trinajstić information content (AvgIpc) is 2.39. The number of hydrogen-bond acceptors (Lipinski definition) is 4. The van der Waals surface area contributed by atoms with Gasteiger partial charge < -0.3 is 9.47 Å². The van der Waals surface area contributed by atoms with Gasteiger partial charge in [-0.2, -0.15) is 0 Å². The lowest BCUT2D eigenvalue weighted by Crippen LogP contribution is -2.48. The zero-order chi connectivity index (χ0) is 14.5. The maximum absolute atomic E-state index is 11.9. The third kappa shape index (κ3) is 3.96. The summed E-state index contributed by atoms with van der Waals surface area (Å²) in [6, 6.07) is 7.83. The number of likely N-dealkylation sites (N-methyl/N-ethyl adjacent to an activating group) is 1. The van der Waals surface area contributed by atoms with Crippen LogP contribution in [0.4, 0.5) is 0 Å². The Kier molecular flexibility index (Phi) is 5.36. The summed E-state index contributed by atoms with van der Waals surface area (Å²) in [6.45, 7) is 6.60. The van der Waals surface area contributed by atoms with Crippen LogP contribution in [0.1, 0.15) is 26.3 Å². The zero-order valence-electron chi connectivity index (χ0n) is 12.4. The highest BCUT2D eigenvalue weighted by molar-refractivity contribution is 5.79. The Morgan fingerprint density at radius 1 is 1.37 bits per heavy atom. The van der Waals surface area contributed by atoms with Crippen molar-refractivity contribution in [1.29, 1.82) is 0 Å².